The van der Waals surface area contributed by atoms with E-state index in [0.717, 1.165) is 12.0 Å². The molecule has 0 saturated heterocycles. The van der Waals surface area contributed by atoms with Gasteiger partial charge in [0.1, 0.15) is 12.0 Å². The highest BCUT2D eigenvalue weighted by atomic mass is 32.2. The molecule has 2 unspecified atom stereocenters. The minimum atomic E-state index is -3.27. The van der Waals surface area contributed by atoms with Crippen molar-refractivity contribution in [3.63, 3.8) is 0 Å². The number of nitrogens with zero attached hydrogens (tertiary/aromatic N) is 1. The summed E-state index contributed by atoms with van der Waals surface area (Å²) in [5, 5.41) is 6.17. The van der Waals surface area contributed by atoms with Crippen LogP contribution >= 0.6 is 0 Å². The number of anilines is 1. The fourth-order valence-electron chi connectivity index (χ4n) is 3.77. The number of rotatable bonds is 7. The topological polar surface area (TPSA) is 106 Å². The number of hydrogen-bond acceptors (Lipinski definition) is 6. The predicted molar refractivity (Wildman–Crippen MR) is 101 cm³/mol. The zero-order chi connectivity index (χ0) is 19.7. The first-order valence-electron chi connectivity index (χ1n) is 9.50. The lowest BCUT2D eigenvalue weighted by atomic mass is 9.87. The van der Waals surface area contributed by atoms with Crippen LogP contribution in [0.15, 0.2) is 46.0 Å². The molecule has 2 aromatic rings. The number of amides is 1. The highest BCUT2D eigenvalue weighted by molar-refractivity contribution is 7.92. The van der Waals surface area contributed by atoms with E-state index in [9.17, 15) is 18.0 Å². The molecule has 1 amide bonds. The normalized spacial score (nSPS) is 20.9. The highest BCUT2D eigenvalue weighted by Gasteiger charge is 2.37. The first-order valence-corrected chi connectivity index (χ1v) is 11.0. The van der Waals surface area contributed by atoms with Gasteiger partial charge in [0.25, 0.3) is 0 Å². The standard InChI is InChI=1S/C20H22N2O5S/c23-15-4-1-13(11-15)12-18(20(24)21-19-9-10-27-22-19)14-2-5-16(6-3-14)28(25,26)17-7-8-17/h2-3,5-6,9-10,13,17-18H,1,4,7-8,11-12H2,(H,21,22,24). The monoisotopic (exact) mass is 402 g/mol. The Balaban J connectivity index is 1.56. The minimum Gasteiger partial charge on any atom is -0.363 e. The summed E-state index contributed by atoms with van der Waals surface area (Å²) in [5.74, 6) is -0.0382. The van der Waals surface area contributed by atoms with Crippen LogP contribution in [0.4, 0.5) is 5.82 Å². The smallest absolute Gasteiger partial charge is 0.233 e. The van der Waals surface area contributed by atoms with Crippen molar-refractivity contribution < 1.29 is 22.5 Å². The summed E-state index contributed by atoms with van der Waals surface area (Å²) in [5.41, 5.74) is 0.732. The van der Waals surface area contributed by atoms with E-state index in [0.29, 0.717) is 42.8 Å². The van der Waals surface area contributed by atoms with Gasteiger partial charge in [-0.15, -0.1) is 0 Å². The Morgan fingerprint density at radius 3 is 2.50 bits per heavy atom. The zero-order valence-electron chi connectivity index (χ0n) is 15.3. The maximum atomic E-state index is 12.9. The van der Waals surface area contributed by atoms with E-state index in [1.165, 1.54) is 6.26 Å². The van der Waals surface area contributed by atoms with Gasteiger partial charge in [-0.25, -0.2) is 8.42 Å². The molecule has 148 valence electrons. The number of sulfone groups is 1. The molecule has 0 bridgehead atoms. The Kier molecular flexibility index (Phi) is 5.05. The zero-order valence-corrected chi connectivity index (χ0v) is 16.2. The largest absolute Gasteiger partial charge is 0.363 e. The molecule has 1 N–H and O–H groups in total. The average Bonchev–Trinajstić information content (AvgIpc) is 3.29. The van der Waals surface area contributed by atoms with Crippen molar-refractivity contribution in [3.8, 4) is 0 Å². The molecule has 8 heteroatoms. The highest BCUT2D eigenvalue weighted by Crippen LogP contribution is 2.36. The van der Waals surface area contributed by atoms with Crippen molar-refractivity contribution in [2.45, 2.75) is 54.6 Å². The lowest BCUT2D eigenvalue weighted by molar-refractivity contribution is -0.119. The number of carbonyl (C=O) groups excluding carboxylic acids is 2. The molecule has 2 saturated carbocycles. The molecule has 1 aromatic carbocycles. The molecule has 28 heavy (non-hydrogen) atoms. The molecule has 4 rings (SSSR count). The van der Waals surface area contributed by atoms with E-state index >= 15 is 0 Å². The summed E-state index contributed by atoms with van der Waals surface area (Å²) in [7, 11) is -3.27. The second-order valence-electron chi connectivity index (χ2n) is 7.62. The number of benzene rings is 1. The van der Waals surface area contributed by atoms with Crippen LogP contribution in [0.1, 0.15) is 50.0 Å². The van der Waals surface area contributed by atoms with E-state index in [1.807, 2.05) is 0 Å². The van der Waals surface area contributed by atoms with Gasteiger partial charge in [-0.05, 0) is 49.3 Å². The summed E-state index contributed by atoms with van der Waals surface area (Å²) in [6.07, 6.45) is 5.15. The Morgan fingerprint density at radius 2 is 1.93 bits per heavy atom. The first kappa shape index (κ1) is 18.9. The maximum absolute atomic E-state index is 12.9. The van der Waals surface area contributed by atoms with Gasteiger partial charge in [0.15, 0.2) is 15.7 Å². The Morgan fingerprint density at radius 1 is 1.18 bits per heavy atom. The molecular formula is C20H22N2O5S. The third-order valence-electron chi connectivity index (χ3n) is 5.50. The second kappa shape index (κ2) is 7.50. The van der Waals surface area contributed by atoms with Crippen LogP contribution in [0, 0.1) is 5.92 Å². The van der Waals surface area contributed by atoms with E-state index in [1.54, 1.807) is 30.3 Å². The van der Waals surface area contributed by atoms with E-state index in [4.69, 9.17) is 4.52 Å². The summed E-state index contributed by atoms with van der Waals surface area (Å²) in [6, 6.07) is 8.13. The van der Waals surface area contributed by atoms with Crippen molar-refractivity contribution in [1.29, 1.82) is 0 Å². The molecule has 2 atom stereocenters. The lowest BCUT2D eigenvalue weighted by Gasteiger charge is -2.20. The molecule has 0 aliphatic heterocycles. The van der Waals surface area contributed by atoms with Crippen LogP contribution < -0.4 is 5.32 Å². The van der Waals surface area contributed by atoms with Crippen LogP contribution in [0.5, 0.6) is 0 Å². The Bertz CT molecular complexity index is 963. The summed E-state index contributed by atoms with van der Waals surface area (Å²) in [4.78, 5) is 24.8. The molecular weight excluding hydrogens is 380 g/mol. The number of hydrogen-bond donors (Lipinski definition) is 1. The third kappa shape index (κ3) is 4.01. The van der Waals surface area contributed by atoms with E-state index in [-0.39, 0.29) is 22.9 Å². The lowest BCUT2D eigenvalue weighted by Crippen LogP contribution is -2.23. The Hall–Kier alpha value is -2.48. The second-order valence-corrected chi connectivity index (χ2v) is 9.85. The predicted octanol–water partition coefficient (Wildman–Crippen LogP) is 3.09. The SMILES string of the molecule is O=C1CCC(CC(C(=O)Nc2ccon2)c2ccc(S(=O)(=O)C3CC3)cc2)C1. The van der Waals surface area contributed by atoms with Crippen LogP contribution in [0.2, 0.25) is 0 Å². The number of carbonyl (C=O) groups is 2. The van der Waals surface area contributed by atoms with Gasteiger partial charge in [-0.1, -0.05) is 17.3 Å². The summed E-state index contributed by atoms with van der Waals surface area (Å²) >= 11 is 0. The molecule has 2 aliphatic rings. The van der Waals surface area contributed by atoms with Gasteiger partial charge in [0.2, 0.25) is 5.91 Å². The number of nitrogens with one attached hydrogen (secondary N) is 1. The Labute approximate surface area is 163 Å². The molecule has 2 fully saturated rings. The van der Waals surface area contributed by atoms with E-state index in [2.05, 4.69) is 10.5 Å². The molecule has 7 nitrogen and oxygen atoms in total. The molecule has 1 heterocycles. The fourth-order valence-corrected chi connectivity index (χ4v) is 5.43. The summed E-state index contributed by atoms with van der Waals surface area (Å²) in [6.45, 7) is 0. The van der Waals surface area contributed by atoms with Crippen molar-refractivity contribution in [1.82, 2.24) is 5.16 Å². The van der Waals surface area contributed by atoms with Crippen molar-refractivity contribution in [2.24, 2.45) is 5.92 Å². The van der Waals surface area contributed by atoms with Crippen LogP contribution in [0.25, 0.3) is 0 Å². The van der Waals surface area contributed by atoms with Gasteiger partial charge in [-0.2, -0.15) is 0 Å². The molecule has 0 spiro atoms. The van der Waals surface area contributed by atoms with Crippen molar-refractivity contribution in [3.05, 3.63) is 42.2 Å². The fraction of sp³-hybridized carbons (Fsp3) is 0.450. The quantitative estimate of drug-likeness (QED) is 0.763. The van der Waals surface area contributed by atoms with Crippen molar-refractivity contribution in [2.75, 3.05) is 5.32 Å². The minimum absolute atomic E-state index is 0.149. The van der Waals surface area contributed by atoms with Crippen LogP contribution in [0.3, 0.4) is 0 Å². The molecule has 0 radical (unpaired) electrons. The maximum Gasteiger partial charge on any atom is 0.233 e. The van der Waals surface area contributed by atoms with Gasteiger partial charge >= 0.3 is 0 Å². The van der Waals surface area contributed by atoms with Crippen LogP contribution in [-0.4, -0.2) is 30.5 Å². The van der Waals surface area contributed by atoms with Crippen molar-refractivity contribution >= 4 is 27.3 Å². The average molecular weight is 402 g/mol. The van der Waals surface area contributed by atoms with E-state index < -0.39 is 15.8 Å². The van der Waals surface area contributed by atoms with Gasteiger partial charge < -0.3 is 9.84 Å². The molecule has 1 aromatic heterocycles. The number of ketones is 1. The number of Topliss-reactive ketones (excluding diaryl/α,β-unsaturated/α-hetero) is 1. The first-order chi connectivity index (χ1) is 13.4. The summed E-state index contributed by atoms with van der Waals surface area (Å²) < 4.78 is 29.6. The van der Waals surface area contributed by atoms with Gasteiger partial charge in [0, 0.05) is 18.9 Å². The molecule has 2 aliphatic carbocycles. The van der Waals surface area contributed by atoms with Crippen LogP contribution in [-0.2, 0) is 19.4 Å². The van der Waals surface area contributed by atoms with Gasteiger partial charge in [0.05, 0.1) is 16.1 Å². The third-order valence-corrected chi connectivity index (χ3v) is 7.77. The number of aromatic nitrogens is 1. The van der Waals surface area contributed by atoms with Gasteiger partial charge in [-0.3, -0.25) is 9.59 Å².